The first kappa shape index (κ1) is 19.9. The molecule has 1 aliphatic carbocycles. The number of allylic oxidation sites excluding steroid dienone is 4. The number of hydrogen-bond acceptors (Lipinski definition) is 3. The summed E-state index contributed by atoms with van der Waals surface area (Å²) in [4.78, 5) is 22.5. The van der Waals surface area contributed by atoms with Crippen molar-refractivity contribution in [1.29, 1.82) is 0 Å². The molecule has 1 heterocycles. The second kappa shape index (κ2) is 10.5. The minimum Gasteiger partial charge on any atom is -0.481 e. The van der Waals surface area contributed by atoms with E-state index in [1.54, 1.807) is 0 Å². The maximum absolute atomic E-state index is 12.0. The van der Waals surface area contributed by atoms with E-state index in [1.807, 2.05) is 6.08 Å². The number of fused-ring (bicyclic) bond motifs is 2. The van der Waals surface area contributed by atoms with Gasteiger partial charge < -0.3 is 9.84 Å². The molecule has 2 rings (SSSR count). The summed E-state index contributed by atoms with van der Waals surface area (Å²) in [5.41, 5.74) is 0. The molecule has 0 amide bonds. The molecule has 2 bridgehead atoms. The van der Waals surface area contributed by atoms with E-state index < -0.39 is 5.97 Å². The highest BCUT2D eigenvalue weighted by atomic mass is 16.5. The van der Waals surface area contributed by atoms with Crippen LogP contribution in [-0.2, 0) is 14.3 Å². The minimum atomic E-state index is -0.733. The summed E-state index contributed by atoms with van der Waals surface area (Å²) >= 11 is 0. The Labute approximate surface area is 151 Å². The number of carboxylic acid groups (broad SMARTS) is 1. The van der Waals surface area contributed by atoms with Gasteiger partial charge in [-0.1, -0.05) is 38.0 Å². The molecular formula is C21H32O4. The number of aliphatic carboxylic acids is 1. The summed E-state index contributed by atoms with van der Waals surface area (Å²) in [5, 5.41) is 8.64. The first-order valence-electron chi connectivity index (χ1n) is 9.81. The Bertz CT molecular complexity index is 494. The number of ether oxygens (including phenoxy) is 1. The van der Waals surface area contributed by atoms with Crippen molar-refractivity contribution in [2.24, 2.45) is 17.8 Å². The number of carbonyl (C=O) groups excluding carboxylic acids is 1. The largest absolute Gasteiger partial charge is 0.481 e. The average Bonchev–Trinajstić information content (AvgIpc) is 3.17. The molecule has 0 spiro atoms. The van der Waals surface area contributed by atoms with Crippen molar-refractivity contribution in [1.82, 2.24) is 0 Å². The molecule has 0 aromatic heterocycles. The SMILES string of the molecule is CCCCCC(=O)/C=C/[C@H]1C2COC(C2)[C@@H]1C/C=C\CCCC(=O)O. The zero-order valence-electron chi connectivity index (χ0n) is 15.4. The van der Waals surface area contributed by atoms with Crippen LogP contribution in [0.15, 0.2) is 24.3 Å². The fraction of sp³-hybridized carbons (Fsp3) is 0.714. The van der Waals surface area contributed by atoms with Crippen molar-refractivity contribution in [3.63, 3.8) is 0 Å². The molecule has 1 saturated carbocycles. The van der Waals surface area contributed by atoms with Gasteiger partial charge >= 0.3 is 5.97 Å². The lowest BCUT2D eigenvalue weighted by atomic mass is 9.85. The van der Waals surface area contributed by atoms with E-state index in [-0.39, 0.29) is 12.2 Å². The van der Waals surface area contributed by atoms with Crippen molar-refractivity contribution < 1.29 is 19.4 Å². The molecule has 0 aromatic carbocycles. The van der Waals surface area contributed by atoms with Crippen molar-refractivity contribution in [3.05, 3.63) is 24.3 Å². The summed E-state index contributed by atoms with van der Waals surface area (Å²) < 4.78 is 5.86. The van der Waals surface area contributed by atoms with Gasteiger partial charge in [0.1, 0.15) is 0 Å². The van der Waals surface area contributed by atoms with E-state index in [9.17, 15) is 9.59 Å². The molecule has 0 radical (unpaired) electrons. The number of carboxylic acids is 1. The maximum atomic E-state index is 12.0. The number of unbranched alkanes of at least 4 members (excludes halogenated alkanes) is 3. The standard InChI is InChI=1S/C21H32O4/c1-2-3-6-9-17(22)12-13-18-16-14-20(25-15-16)19(18)10-7-4-5-8-11-21(23)24/h4,7,12-13,16,18-20H,2-3,5-6,8-11,14-15H2,1H3,(H,23,24)/b7-4-,13-12+/t16?,18-,19+,20?/m0/s1. The zero-order valence-corrected chi connectivity index (χ0v) is 15.4. The summed E-state index contributed by atoms with van der Waals surface area (Å²) in [6.45, 7) is 2.97. The molecule has 2 aliphatic rings. The third kappa shape index (κ3) is 6.43. The zero-order chi connectivity index (χ0) is 18.1. The first-order valence-corrected chi connectivity index (χ1v) is 9.81. The Morgan fingerprint density at radius 3 is 2.76 bits per heavy atom. The minimum absolute atomic E-state index is 0.229. The smallest absolute Gasteiger partial charge is 0.303 e. The first-order chi connectivity index (χ1) is 12.1. The van der Waals surface area contributed by atoms with E-state index in [4.69, 9.17) is 9.84 Å². The summed E-state index contributed by atoms with van der Waals surface area (Å²) in [5.74, 6) is 0.964. The van der Waals surface area contributed by atoms with Gasteiger partial charge in [-0.15, -0.1) is 0 Å². The molecule has 4 atom stereocenters. The molecule has 25 heavy (non-hydrogen) atoms. The van der Waals surface area contributed by atoms with Gasteiger partial charge in [0.05, 0.1) is 12.7 Å². The summed E-state index contributed by atoms with van der Waals surface area (Å²) in [6.07, 6.45) is 16.2. The number of rotatable bonds is 12. The van der Waals surface area contributed by atoms with Crippen LogP contribution >= 0.6 is 0 Å². The Hall–Kier alpha value is -1.42. The number of ketones is 1. The van der Waals surface area contributed by atoms with E-state index in [0.29, 0.717) is 36.7 Å². The fourth-order valence-corrected chi connectivity index (χ4v) is 4.05. The van der Waals surface area contributed by atoms with Crippen LogP contribution in [0.3, 0.4) is 0 Å². The van der Waals surface area contributed by atoms with E-state index >= 15 is 0 Å². The van der Waals surface area contributed by atoms with Crippen molar-refractivity contribution in [2.45, 2.75) is 70.8 Å². The van der Waals surface area contributed by atoms with Gasteiger partial charge in [0, 0.05) is 12.8 Å². The highest BCUT2D eigenvalue weighted by Gasteiger charge is 2.46. The van der Waals surface area contributed by atoms with Gasteiger partial charge in [-0.3, -0.25) is 9.59 Å². The van der Waals surface area contributed by atoms with E-state index in [1.165, 1.54) is 0 Å². The number of carbonyl (C=O) groups is 2. The van der Waals surface area contributed by atoms with Crippen LogP contribution in [0.5, 0.6) is 0 Å². The van der Waals surface area contributed by atoms with E-state index in [0.717, 1.165) is 45.1 Å². The van der Waals surface area contributed by atoms with Crippen LogP contribution in [0.1, 0.15) is 64.7 Å². The quantitative estimate of drug-likeness (QED) is 0.319. The summed E-state index contributed by atoms with van der Waals surface area (Å²) in [7, 11) is 0. The Morgan fingerprint density at radius 1 is 1.16 bits per heavy atom. The fourth-order valence-electron chi connectivity index (χ4n) is 4.05. The lowest BCUT2D eigenvalue weighted by Crippen LogP contribution is -2.27. The van der Waals surface area contributed by atoms with Crippen LogP contribution in [0.4, 0.5) is 0 Å². The predicted molar refractivity (Wildman–Crippen MR) is 98.4 cm³/mol. The van der Waals surface area contributed by atoms with Crippen LogP contribution < -0.4 is 0 Å². The average molecular weight is 348 g/mol. The highest BCUT2D eigenvalue weighted by molar-refractivity contribution is 5.89. The van der Waals surface area contributed by atoms with Gasteiger partial charge in [0.25, 0.3) is 0 Å². The molecule has 4 heteroatoms. The van der Waals surface area contributed by atoms with Crippen molar-refractivity contribution >= 4 is 11.8 Å². The molecular weight excluding hydrogens is 316 g/mol. The topological polar surface area (TPSA) is 63.6 Å². The number of hydrogen-bond donors (Lipinski definition) is 1. The predicted octanol–water partition coefficient (Wildman–Crippen LogP) is 4.54. The van der Waals surface area contributed by atoms with E-state index in [2.05, 4.69) is 25.2 Å². The normalized spacial score (nSPS) is 28.4. The van der Waals surface area contributed by atoms with Gasteiger partial charge in [-0.2, -0.15) is 0 Å². The maximum Gasteiger partial charge on any atom is 0.303 e. The molecule has 1 aliphatic heterocycles. The molecule has 2 unspecified atom stereocenters. The second-order valence-electron chi connectivity index (χ2n) is 7.38. The lowest BCUT2D eigenvalue weighted by molar-refractivity contribution is -0.137. The van der Waals surface area contributed by atoms with Gasteiger partial charge in [0.2, 0.25) is 0 Å². The molecule has 4 nitrogen and oxygen atoms in total. The van der Waals surface area contributed by atoms with Gasteiger partial charge in [-0.05, 0) is 55.9 Å². The Morgan fingerprint density at radius 2 is 2.00 bits per heavy atom. The molecule has 1 saturated heterocycles. The van der Waals surface area contributed by atoms with Crippen molar-refractivity contribution in [2.75, 3.05) is 6.61 Å². The van der Waals surface area contributed by atoms with Crippen LogP contribution in [0, 0.1) is 17.8 Å². The third-order valence-electron chi connectivity index (χ3n) is 5.44. The molecule has 2 fully saturated rings. The Kier molecular flexibility index (Phi) is 8.39. The van der Waals surface area contributed by atoms with Gasteiger partial charge in [0.15, 0.2) is 5.78 Å². The van der Waals surface area contributed by atoms with Crippen molar-refractivity contribution in [3.8, 4) is 0 Å². The Balaban J connectivity index is 1.79. The lowest BCUT2D eigenvalue weighted by Gasteiger charge is -2.28. The highest BCUT2D eigenvalue weighted by Crippen LogP contribution is 2.47. The molecule has 0 aromatic rings. The second-order valence-corrected chi connectivity index (χ2v) is 7.38. The van der Waals surface area contributed by atoms with Crippen LogP contribution in [0.2, 0.25) is 0 Å². The molecule has 140 valence electrons. The van der Waals surface area contributed by atoms with Crippen LogP contribution in [0.25, 0.3) is 0 Å². The third-order valence-corrected chi connectivity index (χ3v) is 5.44. The van der Waals surface area contributed by atoms with Crippen LogP contribution in [-0.4, -0.2) is 29.6 Å². The van der Waals surface area contributed by atoms with Gasteiger partial charge in [-0.25, -0.2) is 0 Å². The monoisotopic (exact) mass is 348 g/mol. The summed E-state index contributed by atoms with van der Waals surface area (Å²) in [6, 6.07) is 0. The molecule has 1 N–H and O–H groups in total.